The fraction of sp³-hybridized carbons (Fsp3) is 0.211. The third-order valence-electron chi connectivity index (χ3n) is 4.08. The van der Waals surface area contributed by atoms with Crippen LogP contribution in [0.5, 0.6) is 11.5 Å². The van der Waals surface area contributed by atoms with E-state index >= 15 is 0 Å². The average molecular weight is 383 g/mol. The molecule has 1 aliphatic rings. The Morgan fingerprint density at radius 2 is 1.89 bits per heavy atom. The van der Waals surface area contributed by atoms with Crippen LogP contribution in [0.1, 0.15) is 6.92 Å². The maximum absolute atomic E-state index is 12.4. The summed E-state index contributed by atoms with van der Waals surface area (Å²) < 4.78 is 12.2. The van der Waals surface area contributed by atoms with Gasteiger partial charge in [-0.1, -0.05) is 35.6 Å². The standard InChI is InChI=1S/C19H17N3O4S/c1-11(17(23)22-19-21-12-6-2-5-9-16(12)27-19)20-18(24)15-10-25-13-7-3-4-8-14(13)26-15/h2-9,11,15H,10H2,1H3,(H,20,24)(H,21,22,23)/t11-,15+/m0/s1. The third-order valence-corrected chi connectivity index (χ3v) is 5.03. The number of ether oxygens (including phenoxy) is 2. The van der Waals surface area contributed by atoms with Crippen molar-refractivity contribution < 1.29 is 19.1 Å². The second-order valence-corrected chi connectivity index (χ2v) is 7.10. The Labute approximate surface area is 159 Å². The molecule has 138 valence electrons. The maximum Gasteiger partial charge on any atom is 0.265 e. The number of fused-ring (bicyclic) bond motifs is 2. The van der Waals surface area contributed by atoms with E-state index < -0.39 is 18.1 Å². The fourth-order valence-electron chi connectivity index (χ4n) is 2.66. The van der Waals surface area contributed by atoms with Crippen molar-refractivity contribution in [2.45, 2.75) is 19.1 Å². The smallest absolute Gasteiger partial charge is 0.265 e. The first kappa shape index (κ1) is 17.3. The lowest BCUT2D eigenvalue weighted by atomic mass is 10.2. The molecule has 2 aromatic carbocycles. The Hall–Kier alpha value is -3.13. The van der Waals surface area contributed by atoms with E-state index in [2.05, 4.69) is 15.6 Å². The molecule has 8 heteroatoms. The molecular formula is C19H17N3O4S. The molecule has 2 heterocycles. The Kier molecular flexibility index (Phi) is 4.64. The predicted molar refractivity (Wildman–Crippen MR) is 102 cm³/mol. The number of benzene rings is 2. The van der Waals surface area contributed by atoms with Gasteiger partial charge >= 0.3 is 0 Å². The summed E-state index contributed by atoms with van der Waals surface area (Å²) in [6.07, 6.45) is -0.808. The summed E-state index contributed by atoms with van der Waals surface area (Å²) in [5.74, 6) is 0.356. The van der Waals surface area contributed by atoms with Crippen molar-refractivity contribution in [3.63, 3.8) is 0 Å². The summed E-state index contributed by atoms with van der Waals surface area (Å²) in [6, 6.07) is 14.0. The molecule has 1 aliphatic heterocycles. The molecule has 0 unspecified atom stereocenters. The molecule has 0 fully saturated rings. The summed E-state index contributed by atoms with van der Waals surface area (Å²) in [7, 11) is 0. The molecule has 3 aromatic rings. The molecule has 4 rings (SSSR count). The largest absolute Gasteiger partial charge is 0.485 e. The first-order valence-electron chi connectivity index (χ1n) is 8.45. The zero-order valence-corrected chi connectivity index (χ0v) is 15.3. The van der Waals surface area contributed by atoms with Gasteiger partial charge in [-0.3, -0.25) is 9.59 Å². The van der Waals surface area contributed by atoms with Crippen molar-refractivity contribution in [3.05, 3.63) is 48.5 Å². The fourth-order valence-corrected chi connectivity index (χ4v) is 3.53. The highest BCUT2D eigenvalue weighted by atomic mass is 32.1. The van der Waals surface area contributed by atoms with E-state index in [1.165, 1.54) is 11.3 Å². The van der Waals surface area contributed by atoms with Crippen molar-refractivity contribution in [1.29, 1.82) is 0 Å². The number of para-hydroxylation sites is 3. The minimum absolute atomic E-state index is 0.0923. The molecule has 2 N–H and O–H groups in total. The van der Waals surface area contributed by atoms with Gasteiger partial charge in [-0.05, 0) is 31.2 Å². The molecule has 0 spiro atoms. The highest BCUT2D eigenvalue weighted by molar-refractivity contribution is 7.22. The van der Waals surface area contributed by atoms with E-state index in [0.717, 1.165) is 10.2 Å². The van der Waals surface area contributed by atoms with Gasteiger partial charge in [0.05, 0.1) is 10.2 Å². The number of nitrogens with zero attached hydrogens (tertiary/aromatic N) is 1. The topological polar surface area (TPSA) is 89.5 Å². The Morgan fingerprint density at radius 1 is 1.15 bits per heavy atom. The first-order chi connectivity index (χ1) is 13.1. The van der Waals surface area contributed by atoms with Crippen LogP contribution < -0.4 is 20.1 Å². The highest BCUT2D eigenvalue weighted by Crippen LogP contribution is 2.31. The van der Waals surface area contributed by atoms with Crippen LogP contribution in [0.25, 0.3) is 10.2 Å². The molecule has 0 aliphatic carbocycles. The van der Waals surface area contributed by atoms with E-state index in [4.69, 9.17) is 9.47 Å². The van der Waals surface area contributed by atoms with Crippen LogP contribution >= 0.6 is 11.3 Å². The third kappa shape index (κ3) is 3.70. The second kappa shape index (κ2) is 7.24. The van der Waals surface area contributed by atoms with Crippen LogP contribution in [0.3, 0.4) is 0 Å². The zero-order chi connectivity index (χ0) is 18.8. The molecule has 0 saturated heterocycles. The molecule has 0 bridgehead atoms. The summed E-state index contributed by atoms with van der Waals surface area (Å²) in [4.78, 5) is 29.1. The van der Waals surface area contributed by atoms with Gasteiger partial charge in [0.2, 0.25) is 12.0 Å². The monoisotopic (exact) mass is 383 g/mol. The zero-order valence-electron chi connectivity index (χ0n) is 14.5. The van der Waals surface area contributed by atoms with Crippen molar-refractivity contribution in [2.24, 2.45) is 0 Å². The lowest BCUT2D eigenvalue weighted by molar-refractivity contribution is -0.133. The Balaban J connectivity index is 1.36. The minimum Gasteiger partial charge on any atom is -0.485 e. The number of aromatic nitrogens is 1. The second-order valence-electron chi connectivity index (χ2n) is 6.07. The van der Waals surface area contributed by atoms with Crippen molar-refractivity contribution in [2.75, 3.05) is 11.9 Å². The normalized spacial score (nSPS) is 16.6. The van der Waals surface area contributed by atoms with E-state index in [0.29, 0.717) is 16.6 Å². The van der Waals surface area contributed by atoms with Gasteiger partial charge in [-0.25, -0.2) is 4.98 Å². The van der Waals surface area contributed by atoms with Crippen LogP contribution in [0.2, 0.25) is 0 Å². The number of anilines is 1. The molecule has 1 aromatic heterocycles. The summed E-state index contributed by atoms with van der Waals surface area (Å²) in [5, 5.41) is 5.89. The summed E-state index contributed by atoms with van der Waals surface area (Å²) in [6.45, 7) is 1.70. The molecule has 2 atom stereocenters. The van der Waals surface area contributed by atoms with Crippen molar-refractivity contribution in [3.8, 4) is 11.5 Å². The van der Waals surface area contributed by atoms with Crippen LogP contribution in [0, 0.1) is 0 Å². The maximum atomic E-state index is 12.4. The van der Waals surface area contributed by atoms with Crippen molar-refractivity contribution >= 4 is 38.5 Å². The van der Waals surface area contributed by atoms with Crippen LogP contribution in [0.15, 0.2) is 48.5 Å². The molecule has 27 heavy (non-hydrogen) atoms. The number of hydrogen-bond acceptors (Lipinski definition) is 6. The Bertz CT molecular complexity index is 970. The van der Waals surface area contributed by atoms with Crippen LogP contribution in [-0.2, 0) is 9.59 Å². The van der Waals surface area contributed by atoms with Gasteiger partial charge in [0.25, 0.3) is 5.91 Å². The molecule has 0 saturated carbocycles. The van der Waals surface area contributed by atoms with Gasteiger partial charge in [-0.2, -0.15) is 0 Å². The number of carbonyl (C=O) groups excluding carboxylic acids is 2. The van der Waals surface area contributed by atoms with Crippen LogP contribution in [-0.4, -0.2) is 35.6 Å². The molecular weight excluding hydrogens is 366 g/mol. The lowest BCUT2D eigenvalue weighted by Crippen LogP contribution is -2.50. The number of amides is 2. The molecule has 2 amide bonds. The highest BCUT2D eigenvalue weighted by Gasteiger charge is 2.29. The Morgan fingerprint density at radius 3 is 2.70 bits per heavy atom. The van der Waals surface area contributed by atoms with E-state index in [-0.39, 0.29) is 12.5 Å². The summed E-state index contributed by atoms with van der Waals surface area (Å²) in [5.41, 5.74) is 0.820. The van der Waals surface area contributed by atoms with Gasteiger partial charge in [0.1, 0.15) is 12.6 Å². The lowest BCUT2D eigenvalue weighted by Gasteiger charge is -2.26. The summed E-state index contributed by atoms with van der Waals surface area (Å²) >= 11 is 1.38. The number of hydrogen-bond donors (Lipinski definition) is 2. The van der Waals surface area contributed by atoms with Gasteiger partial charge in [0.15, 0.2) is 16.6 Å². The molecule has 0 radical (unpaired) electrons. The number of rotatable bonds is 4. The minimum atomic E-state index is -0.808. The number of carbonyl (C=O) groups is 2. The van der Waals surface area contributed by atoms with Crippen LogP contribution in [0.4, 0.5) is 5.13 Å². The molecule has 7 nitrogen and oxygen atoms in total. The van der Waals surface area contributed by atoms with E-state index in [9.17, 15) is 9.59 Å². The van der Waals surface area contributed by atoms with Gasteiger partial charge in [0, 0.05) is 0 Å². The SMILES string of the molecule is C[C@H](NC(=O)[C@H]1COc2ccccc2O1)C(=O)Nc1nc2ccccc2s1. The average Bonchev–Trinajstić information content (AvgIpc) is 3.09. The van der Waals surface area contributed by atoms with Gasteiger partial charge in [-0.15, -0.1) is 0 Å². The number of thiazole rings is 1. The van der Waals surface area contributed by atoms with E-state index in [1.807, 2.05) is 30.3 Å². The van der Waals surface area contributed by atoms with Crippen molar-refractivity contribution in [1.82, 2.24) is 10.3 Å². The first-order valence-corrected chi connectivity index (χ1v) is 9.27. The number of nitrogens with one attached hydrogen (secondary N) is 2. The quantitative estimate of drug-likeness (QED) is 0.723. The predicted octanol–water partition coefficient (Wildman–Crippen LogP) is 2.58. The van der Waals surface area contributed by atoms with E-state index in [1.54, 1.807) is 25.1 Å². The van der Waals surface area contributed by atoms with Gasteiger partial charge < -0.3 is 20.1 Å².